The van der Waals surface area contributed by atoms with Crippen molar-refractivity contribution >= 4 is 0 Å². The van der Waals surface area contributed by atoms with Crippen molar-refractivity contribution < 1.29 is 5.11 Å². The number of phenols is 1. The fourth-order valence-electron chi connectivity index (χ4n) is 2.74. The standard InChI is InChI=1S/C19H32O/c1-5-6-7-8-9-10-11-14-19(3,4)17-12-13-18(20)16(2)15-17/h12-13,15,20H,5-11,14H2,1-4H3. The SMILES string of the molecule is CCCCCCCCCC(C)(C)c1ccc(O)c(C)c1. The Labute approximate surface area is 125 Å². The van der Waals surface area contributed by atoms with Crippen LogP contribution in [0.5, 0.6) is 5.75 Å². The Hall–Kier alpha value is -0.980. The molecule has 1 aromatic carbocycles. The van der Waals surface area contributed by atoms with Crippen molar-refractivity contribution in [2.24, 2.45) is 0 Å². The smallest absolute Gasteiger partial charge is 0.118 e. The lowest BCUT2D eigenvalue weighted by Gasteiger charge is -2.26. The number of hydrogen-bond acceptors (Lipinski definition) is 1. The summed E-state index contributed by atoms with van der Waals surface area (Å²) in [4.78, 5) is 0. The second kappa shape index (κ2) is 8.34. The van der Waals surface area contributed by atoms with E-state index >= 15 is 0 Å². The van der Waals surface area contributed by atoms with E-state index in [1.165, 1.54) is 56.9 Å². The zero-order valence-electron chi connectivity index (χ0n) is 13.8. The van der Waals surface area contributed by atoms with Gasteiger partial charge in [0.1, 0.15) is 5.75 Å². The predicted molar refractivity (Wildman–Crippen MR) is 88.5 cm³/mol. The van der Waals surface area contributed by atoms with Gasteiger partial charge in [0, 0.05) is 0 Å². The van der Waals surface area contributed by atoms with Gasteiger partial charge in [-0.25, -0.2) is 0 Å². The average Bonchev–Trinajstić information content (AvgIpc) is 2.40. The monoisotopic (exact) mass is 276 g/mol. The Morgan fingerprint density at radius 1 is 0.950 bits per heavy atom. The molecule has 0 heterocycles. The molecule has 0 aromatic heterocycles. The highest BCUT2D eigenvalue weighted by molar-refractivity contribution is 5.37. The van der Waals surface area contributed by atoms with Crippen molar-refractivity contribution in [2.45, 2.75) is 84.5 Å². The molecule has 1 aromatic rings. The lowest BCUT2D eigenvalue weighted by molar-refractivity contribution is 0.438. The topological polar surface area (TPSA) is 20.2 Å². The highest BCUT2D eigenvalue weighted by Crippen LogP contribution is 2.32. The third-order valence-corrected chi connectivity index (χ3v) is 4.38. The minimum atomic E-state index is 0.210. The van der Waals surface area contributed by atoms with Crippen LogP contribution in [0, 0.1) is 6.92 Å². The Kier molecular flexibility index (Phi) is 7.12. The molecule has 114 valence electrons. The quantitative estimate of drug-likeness (QED) is 0.539. The fourth-order valence-corrected chi connectivity index (χ4v) is 2.74. The van der Waals surface area contributed by atoms with E-state index in [2.05, 4.69) is 32.9 Å². The van der Waals surface area contributed by atoms with Gasteiger partial charge in [0.2, 0.25) is 0 Å². The molecule has 0 unspecified atom stereocenters. The number of aromatic hydroxyl groups is 1. The third kappa shape index (κ3) is 5.56. The minimum absolute atomic E-state index is 0.210. The molecule has 0 atom stereocenters. The first-order chi connectivity index (χ1) is 9.47. The molecule has 1 rings (SSSR count). The van der Waals surface area contributed by atoms with Gasteiger partial charge in [0.05, 0.1) is 0 Å². The number of benzene rings is 1. The van der Waals surface area contributed by atoms with Gasteiger partial charge in [-0.05, 0) is 36.0 Å². The van der Waals surface area contributed by atoms with Gasteiger partial charge in [-0.2, -0.15) is 0 Å². The molecule has 0 saturated carbocycles. The van der Waals surface area contributed by atoms with Gasteiger partial charge < -0.3 is 5.11 Å². The van der Waals surface area contributed by atoms with Crippen LogP contribution in [0.15, 0.2) is 18.2 Å². The summed E-state index contributed by atoms with van der Waals surface area (Å²) in [6, 6.07) is 6.04. The van der Waals surface area contributed by atoms with Gasteiger partial charge in [-0.3, -0.25) is 0 Å². The van der Waals surface area contributed by atoms with Crippen molar-refractivity contribution in [2.75, 3.05) is 0 Å². The zero-order valence-corrected chi connectivity index (χ0v) is 13.8. The molecular formula is C19H32O. The van der Waals surface area contributed by atoms with Crippen LogP contribution in [-0.4, -0.2) is 5.11 Å². The maximum Gasteiger partial charge on any atom is 0.118 e. The fraction of sp³-hybridized carbons (Fsp3) is 0.684. The van der Waals surface area contributed by atoms with E-state index in [0.29, 0.717) is 5.75 Å². The Morgan fingerprint density at radius 3 is 2.15 bits per heavy atom. The molecule has 0 aliphatic rings. The number of hydrogen-bond donors (Lipinski definition) is 1. The molecule has 0 bridgehead atoms. The third-order valence-electron chi connectivity index (χ3n) is 4.38. The summed E-state index contributed by atoms with van der Waals surface area (Å²) in [6.07, 6.45) is 10.8. The molecule has 0 aliphatic heterocycles. The van der Waals surface area contributed by atoms with Gasteiger partial charge in [0.25, 0.3) is 0 Å². The summed E-state index contributed by atoms with van der Waals surface area (Å²) in [5, 5.41) is 9.63. The first-order valence-electron chi connectivity index (χ1n) is 8.27. The van der Waals surface area contributed by atoms with Crippen molar-refractivity contribution in [1.29, 1.82) is 0 Å². The summed E-state index contributed by atoms with van der Waals surface area (Å²) in [6.45, 7) is 8.87. The molecule has 0 aliphatic carbocycles. The van der Waals surface area contributed by atoms with E-state index in [1.54, 1.807) is 0 Å². The van der Waals surface area contributed by atoms with Crippen LogP contribution < -0.4 is 0 Å². The van der Waals surface area contributed by atoms with E-state index in [4.69, 9.17) is 0 Å². The van der Waals surface area contributed by atoms with Crippen LogP contribution in [0.25, 0.3) is 0 Å². The molecule has 0 saturated heterocycles. The maximum absolute atomic E-state index is 9.63. The number of rotatable bonds is 9. The van der Waals surface area contributed by atoms with Crippen LogP contribution in [0.2, 0.25) is 0 Å². The normalized spacial score (nSPS) is 11.8. The lowest BCUT2D eigenvalue weighted by atomic mass is 9.79. The van der Waals surface area contributed by atoms with Crippen LogP contribution in [0.1, 0.15) is 83.3 Å². The van der Waals surface area contributed by atoms with Gasteiger partial charge in [-0.1, -0.05) is 77.8 Å². The Bertz CT molecular complexity index is 393. The number of phenolic OH excluding ortho intramolecular Hbond substituents is 1. The van der Waals surface area contributed by atoms with E-state index in [1.807, 2.05) is 13.0 Å². The average molecular weight is 276 g/mol. The van der Waals surface area contributed by atoms with Gasteiger partial charge in [-0.15, -0.1) is 0 Å². The predicted octanol–water partition coefficient (Wildman–Crippen LogP) is 6.12. The van der Waals surface area contributed by atoms with Crippen LogP contribution in [-0.2, 0) is 5.41 Å². The summed E-state index contributed by atoms with van der Waals surface area (Å²) >= 11 is 0. The Morgan fingerprint density at radius 2 is 1.55 bits per heavy atom. The minimum Gasteiger partial charge on any atom is -0.508 e. The zero-order chi connectivity index (χ0) is 15.0. The highest BCUT2D eigenvalue weighted by atomic mass is 16.3. The molecule has 20 heavy (non-hydrogen) atoms. The molecule has 1 nitrogen and oxygen atoms in total. The summed E-state index contributed by atoms with van der Waals surface area (Å²) < 4.78 is 0. The van der Waals surface area contributed by atoms with E-state index in [9.17, 15) is 5.11 Å². The largest absolute Gasteiger partial charge is 0.508 e. The molecule has 1 N–H and O–H groups in total. The van der Waals surface area contributed by atoms with E-state index in [-0.39, 0.29) is 5.41 Å². The van der Waals surface area contributed by atoms with E-state index < -0.39 is 0 Å². The van der Waals surface area contributed by atoms with Gasteiger partial charge >= 0.3 is 0 Å². The molecular weight excluding hydrogens is 244 g/mol. The summed E-state index contributed by atoms with van der Waals surface area (Å²) in [7, 11) is 0. The van der Waals surface area contributed by atoms with E-state index in [0.717, 1.165) is 5.56 Å². The first-order valence-corrected chi connectivity index (χ1v) is 8.27. The van der Waals surface area contributed by atoms with Crippen molar-refractivity contribution in [3.63, 3.8) is 0 Å². The second-order valence-corrected chi connectivity index (χ2v) is 6.76. The molecule has 0 amide bonds. The van der Waals surface area contributed by atoms with Crippen molar-refractivity contribution in [3.8, 4) is 5.75 Å². The lowest BCUT2D eigenvalue weighted by Crippen LogP contribution is -2.17. The van der Waals surface area contributed by atoms with Crippen LogP contribution in [0.4, 0.5) is 0 Å². The molecule has 0 spiro atoms. The van der Waals surface area contributed by atoms with Crippen LogP contribution in [0.3, 0.4) is 0 Å². The van der Waals surface area contributed by atoms with Gasteiger partial charge in [0.15, 0.2) is 0 Å². The molecule has 0 radical (unpaired) electrons. The second-order valence-electron chi connectivity index (χ2n) is 6.76. The Balaban J connectivity index is 2.35. The summed E-state index contributed by atoms with van der Waals surface area (Å²) in [5.41, 5.74) is 2.54. The van der Waals surface area contributed by atoms with Crippen molar-refractivity contribution in [1.82, 2.24) is 0 Å². The molecule has 1 heteroatoms. The van der Waals surface area contributed by atoms with Crippen LogP contribution >= 0.6 is 0 Å². The number of aryl methyl sites for hydroxylation is 1. The van der Waals surface area contributed by atoms with Crippen molar-refractivity contribution in [3.05, 3.63) is 29.3 Å². The first kappa shape index (κ1) is 17.1. The highest BCUT2D eigenvalue weighted by Gasteiger charge is 2.20. The molecule has 0 fully saturated rings. The number of unbranched alkanes of at least 4 members (excludes halogenated alkanes) is 6. The summed E-state index contributed by atoms with van der Waals surface area (Å²) in [5.74, 6) is 0.403. The maximum atomic E-state index is 9.63.